The van der Waals surface area contributed by atoms with E-state index in [2.05, 4.69) is 5.32 Å². The number of pyridine rings is 1. The van der Waals surface area contributed by atoms with Gasteiger partial charge in [0.05, 0.1) is 5.69 Å². The quantitative estimate of drug-likeness (QED) is 0.817. The van der Waals surface area contributed by atoms with Gasteiger partial charge >= 0.3 is 0 Å². The van der Waals surface area contributed by atoms with Crippen LogP contribution in [-0.4, -0.2) is 10.5 Å². The van der Waals surface area contributed by atoms with Gasteiger partial charge in [-0.15, -0.1) is 0 Å². The summed E-state index contributed by atoms with van der Waals surface area (Å²) in [5.41, 5.74) is 0.626. The Hall–Kier alpha value is -1.58. The SMILES string of the molecule is CCCC(=O)Nc1ccc(=O)n(CC)c1. The van der Waals surface area contributed by atoms with Crippen LogP contribution in [0.1, 0.15) is 26.7 Å². The van der Waals surface area contributed by atoms with Crippen molar-refractivity contribution in [2.75, 3.05) is 5.32 Å². The number of hydrogen-bond donors (Lipinski definition) is 1. The molecule has 4 heteroatoms. The molecule has 0 fully saturated rings. The molecule has 15 heavy (non-hydrogen) atoms. The third-order valence-electron chi connectivity index (χ3n) is 2.08. The standard InChI is InChI=1S/C11H16N2O2/c1-3-5-10(14)12-9-6-7-11(15)13(4-2)8-9/h6-8H,3-5H2,1-2H3,(H,12,14). The molecule has 0 bridgehead atoms. The van der Waals surface area contributed by atoms with Crippen molar-refractivity contribution < 1.29 is 4.79 Å². The number of nitrogens with one attached hydrogen (secondary N) is 1. The van der Waals surface area contributed by atoms with Crippen molar-refractivity contribution >= 4 is 11.6 Å². The van der Waals surface area contributed by atoms with Crippen LogP contribution in [0.3, 0.4) is 0 Å². The highest BCUT2D eigenvalue weighted by Crippen LogP contribution is 2.04. The number of anilines is 1. The van der Waals surface area contributed by atoms with Crippen molar-refractivity contribution in [2.24, 2.45) is 0 Å². The van der Waals surface area contributed by atoms with Gasteiger partial charge in [0.15, 0.2) is 0 Å². The van der Waals surface area contributed by atoms with E-state index in [-0.39, 0.29) is 11.5 Å². The fourth-order valence-electron chi connectivity index (χ4n) is 1.30. The fraction of sp³-hybridized carbons (Fsp3) is 0.455. The van der Waals surface area contributed by atoms with Crippen LogP contribution in [0.25, 0.3) is 0 Å². The smallest absolute Gasteiger partial charge is 0.250 e. The highest BCUT2D eigenvalue weighted by molar-refractivity contribution is 5.90. The summed E-state index contributed by atoms with van der Waals surface area (Å²) in [6.07, 6.45) is 2.99. The van der Waals surface area contributed by atoms with Gasteiger partial charge in [-0.2, -0.15) is 0 Å². The summed E-state index contributed by atoms with van der Waals surface area (Å²) in [6.45, 7) is 4.45. The molecule has 0 spiro atoms. The van der Waals surface area contributed by atoms with Crippen molar-refractivity contribution in [1.82, 2.24) is 4.57 Å². The van der Waals surface area contributed by atoms with Crippen molar-refractivity contribution in [3.05, 3.63) is 28.7 Å². The van der Waals surface area contributed by atoms with Crippen molar-refractivity contribution in [1.29, 1.82) is 0 Å². The maximum Gasteiger partial charge on any atom is 0.250 e. The van der Waals surface area contributed by atoms with E-state index in [9.17, 15) is 9.59 Å². The van der Waals surface area contributed by atoms with Crippen molar-refractivity contribution in [3.8, 4) is 0 Å². The van der Waals surface area contributed by atoms with E-state index in [4.69, 9.17) is 0 Å². The maximum absolute atomic E-state index is 11.3. The van der Waals surface area contributed by atoms with E-state index in [1.807, 2.05) is 13.8 Å². The number of aryl methyl sites for hydroxylation is 1. The number of rotatable bonds is 4. The monoisotopic (exact) mass is 208 g/mol. The van der Waals surface area contributed by atoms with E-state index >= 15 is 0 Å². The summed E-state index contributed by atoms with van der Waals surface area (Å²) < 4.78 is 1.56. The van der Waals surface area contributed by atoms with Gasteiger partial charge in [-0.05, 0) is 19.4 Å². The van der Waals surface area contributed by atoms with Gasteiger partial charge in [-0.25, -0.2) is 0 Å². The van der Waals surface area contributed by atoms with Gasteiger partial charge in [0.25, 0.3) is 5.56 Å². The Morgan fingerprint density at radius 1 is 1.40 bits per heavy atom. The minimum Gasteiger partial charge on any atom is -0.325 e. The Bertz CT molecular complexity index is 396. The molecule has 1 aromatic rings. The molecule has 0 saturated carbocycles. The lowest BCUT2D eigenvalue weighted by molar-refractivity contribution is -0.116. The van der Waals surface area contributed by atoms with Crippen LogP contribution >= 0.6 is 0 Å². The Kier molecular flexibility index (Phi) is 4.09. The van der Waals surface area contributed by atoms with Gasteiger partial charge in [0, 0.05) is 25.2 Å². The summed E-state index contributed by atoms with van der Waals surface area (Å²) in [5, 5.41) is 2.75. The Morgan fingerprint density at radius 3 is 2.73 bits per heavy atom. The molecule has 1 rings (SSSR count). The molecule has 0 atom stereocenters. The van der Waals surface area contributed by atoms with Gasteiger partial charge < -0.3 is 9.88 Å². The Labute approximate surface area is 88.9 Å². The lowest BCUT2D eigenvalue weighted by atomic mass is 10.3. The zero-order chi connectivity index (χ0) is 11.3. The van der Waals surface area contributed by atoms with Crippen LogP contribution < -0.4 is 10.9 Å². The minimum absolute atomic E-state index is 0.0150. The molecule has 0 aliphatic heterocycles. The lowest BCUT2D eigenvalue weighted by Crippen LogP contribution is -2.19. The summed E-state index contributed by atoms with van der Waals surface area (Å²) in [5.74, 6) is -0.0150. The maximum atomic E-state index is 11.3. The molecule has 0 saturated heterocycles. The number of amides is 1. The summed E-state index contributed by atoms with van der Waals surface area (Å²) >= 11 is 0. The molecule has 1 aromatic heterocycles. The van der Waals surface area contributed by atoms with Crippen LogP contribution in [0.2, 0.25) is 0 Å². The number of carbonyl (C=O) groups excluding carboxylic acids is 1. The Morgan fingerprint density at radius 2 is 2.13 bits per heavy atom. The second kappa shape index (κ2) is 5.34. The molecule has 0 aromatic carbocycles. The highest BCUT2D eigenvalue weighted by Gasteiger charge is 2.01. The van der Waals surface area contributed by atoms with Crippen molar-refractivity contribution in [2.45, 2.75) is 33.2 Å². The third-order valence-corrected chi connectivity index (χ3v) is 2.08. The van der Waals surface area contributed by atoms with Gasteiger partial charge in [0.2, 0.25) is 5.91 Å². The normalized spacial score (nSPS) is 10.0. The van der Waals surface area contributed by atoms with Gasteiger partial charge in [0.1, 0.15) is 0 Å². The summed E-state index contributed by atoms with van der Waals surface area (Å²) in [6, 6.07) is 3.09. The largest absolute Gasteiger partial charge is 0.325 e. The molecule has 1 N–H and O–H groups in total. The van der Waals surface area contributed by atoms with Crippen LogP contribution in [0, 0.1) is 0 Å². The molecule has 4 nitrogen and oxygen atoms in total. The first-order valence-corrected chi connectivity index (χ1v) is 5.17. The van der Waals surface area contributed by atoms with Gasteiger partial charge in [-0.1, -0.05) is 6.92 Å². The first kappa shape index (κ1) is 11.5. The van der Waals surface area contributed by atoms with Crippen LogP contribution in [-0.2, 0) is 11.3 Å². The average Bonchev–Trinajstić information content (AvgIpc) is 2.21. The molecule has 0 unspecified atom stereocenters. The predicted molar refractivity (Wildman–Crippen MR) is 59.9 cm³/mol. The first-order valence-electron chi connectivity index (χ1n) is 5.17. The molecule has 0 aliphatic carbocycles. The molecule has 0 aliphatic rings. The van der Waals surface area contributed by atoms with Crippen LogP contribution in [0.4, 0.5) is 5.69 Å². The topological polar surface area (TPSA) is 51.1 Å². The average molecular weight is 208 g/mol. The van der Waals surface area contributed by atoms with Crippen molar-refractivity contribution in [3.63, 3.8) is 0 Å². The fourth-order valence-corrected chi connectivity index (χ4v) is 1.30. The third kappa shape index (κ3) is 3.23. The molecule has 0 radical (unpaired) electrons. The van der Waals surface area contributed by atoms with E-state index in [1.54, 1.807) is 16.8 Å². The first-order chi connectivity index (χ1) is 7.17. The molecular formula is C11H16N2O2. The zero-order valence-electron chi connectivity index (χ0n) is 9.12. The van der Waals surface area contributed by atoms with Crippen LogP contribution in [0.5, 0.6) is 0 Å². The predicted octanol–water partition coefficient (Wildman–Crippen LogP) is 1.61. The van der Waals surface area contributed by atoms with E-state index < -0.39 is 0 Å². The van der Waals surface area contributed by atoms with E-state index in [1.165, 1.54) is 6.07 Å². The minimum atomic E-state index is -0.0500. The lowest BCUT2D eigenvalue weighted by Gasteiger charge is -2.07. The molecular weight excluding hydrogens is 192 g/mol. The number of nitrogens with zero attached hydrogens (tertiary/aromatic N) is 1. The van der Waals surface area contributed by atoms with E-state index in [0.717, 1.165) is 6.42 Å². The Balaban J connectivity index is 2.78. The molecule has 1 amide bonds. The summed E-state index contributed by atoms with van der Waals surface area (Å²) in [7, 11) is 0. The number of carbonyl (C=O) groups is 1. The molecule has 1 heterocycles. The highest BCUT2D eigenvalue weighted by atomic mass is 16.1. The van der Waals surface area contributed by atoms with Gasteiger partial charge in [-0.3, -0.25) is 9.59 Å². The number of hydrogen-bond acceptors (Lipinski definition) is 2. The second-order valence-corrected chi connectivity index (χ2v) is 3.34. The summed E-state index contributed by atoms with van der Waals surface area (Å²) in [4.78, 5) is 22.6. The van der Waals surface area contributed by atoms with Crippen LogP contribution in [0.15, 0.2) is 23.1 Å². The number of aromatic nitrogens is 1. The zero-order valence-corrected chi connectivity index (χ0v) is 9.12. The second-order valence-electron chi connectivity index (χ2n) is 3.34. The molecule has 82 valence electrons. The van der Waals surface area contributed by atoms with E-state index in [0.29, 0.717) is 18.7 Å².